The number of amides is 1. The lowest BCUT2D eigenvalue weighted by Gasteiger charge is -2.31. The van der Waals surface area contributed by atoms with Gasteiger partial charge in [0.15, 0.2) is 0 Å². The quantitative estimate of drug-likeness (QED) is 0.821. The van der Waals surface area contributed by atoms with Gasteiger partial charge in [-0.15, -0.1) is 0 Å². The summed E-state index contributed by atoms with van der Waals surface area (Å²) < 4.78 is 5.18. The van der Waals surface area contributed by atoms with E-state index >= 15 is 0 Å². The van der Waals surface area contributed by atoms with Crippen molar-refractivity contribution in [3.63, 3.8) is 0 Å². The molecule has 0 aromatic heterocycles. The van der Waals surface area contributed by atoms with Crippen molar-refractivity contribution in [2.45, 2.75) is 31.1 Å². The number of carbonyl (C=O) groups excluding carboxylic acids is 1. The van der Waals surface area contributed by atoms with Gasteiger partial charge in [0.25, 0.3) is 0 Å². The average molecular weight is 247 g/mol. The molecule has 1 aliphatic carbocycles. The number of likely N-dealkylation sites (N-methyl/N-ethyl adjacent to an activating group) is 1. The normalized spacial score (nSPS) is 17.5. The number of methoxy groups -OCH3 is 1. The second-order valence-electron chi connectivity index (χ2n) is 5.22. The van der Waals surface area contributed by atoms with Gasteiger partial charge >= 0.3 is 0 Å². The van der Waals surface area contributed by atoms with Gasteiger partial charge in [0.05, 0.1) is 12.5 Å². The molecule has 0 atom stereocenters. The fourth-order valence-corrected chi connectivity index (χ4v) is 2.94. The van der Waals surface area contributed by atoms with Gasteiger partial charge in [-0.05, 0) is 30.5 Å². The van der Waals surface area contributed by atoms with Gasteiger partial charge in [0.1, 0.15) is 5.75 Å². The van der Waals surface area contributed by atoms with E-state index in [2.05, 4.69) is 0 Å². The Bertz CT molecular complexity index is 417. The molecule has 98 valence electrons. The van der Waals surface area contributed by atoms with Gasteiger partial charge in [-0.1, -0.05) is 25.0 Å². The third-order valence-corrected chi connectivity index (χ3v) is 3.92. The maximum atomic E-state index is 12.5. The van der Waals surface area contributed by atoms with Crippen LogP contribution < -0.4 is 4.74 Å². The number of ether oxygens (including phenoxy) is 1. The predicted octanol–water partition coefficient (Wildman–Crippen LogP) is 2.60. The number of carbonyl (C=O) groups is 1. The molecule has 1 fully saturated rings. The standard InChI is InChI=1S/C15H21NO2/c1-16(2)14(17)15(10-4-5-11-15)12-6-8-13(18-3)9-7-12/h6-9H,4-5,10-11H2,1-3H3. The minimum Gasteiger partial charge on any atom is -0.497 e. The molecule has 18 heavy (non-hydrogen) atoms. The van der Waals surface area contributed by atoms with Crippen LogP contribution >= 0.6 is 0 Å². The zero-order valence-electron chi connectivity index (χ0n) is 11.4. The first-order chi connectivity index (χ1) is 8.60. The Hall–Kier alpha value is -1.51. The SMILES string of the molecule is COc1ccc(C2(C(=O)N(C)C)CCCC2)cc1. The lowest BCUT2D eigenvalue weighted by Crippen LogP contribution is -2.41. The van der Waals surface area contributed by atoms with Crippen molar-refractivity contribution in [1.29, 1.82) is 0 Å². The highest BCUT2D eigenvalue weighted by molar-refractivity contribution is 5.88. The Balaban J connectivity index is 2.37. The summed E-state index contributed by atoms with van der Waals surface area (Å²) in [4.78, 5) is 14.2. The van der Waals surface area contributed by atoms with E-state index in [4.69, 9.17) is 4.74 Å². The van der Waals surface area contributed by atoms with Gasteiger partial charge in [-0.2, -0.15) is 0 Å². The Morgan fingerprint density at radius 3 is 2.17 bits per heavy atom. The van der Waals surface area contributed by atoms with Gasteiger partial charge < -0.3 is 9.64 Å². The molecule has 1 amide bonds. The van der Waals surface area contributed by atoms with Crippen LogP contribution in [0.4, 0.5) is 0 Å². The second kappa shape index (κ2) is 5.01. The smallest absolute Gasteiger partial charge is 0.232 e. The Labute approximate surface area is 109 Å². The Morgan fingerprint density at radius 2 is 1.72 bits per heavy atom. The van der Waals surface area contributed by atoms with Gasteiger partial charge in [-0.25, -0.2) is 0 Å². The first-order valence-electron chi connectivity index (χ1n) is 6.46. The molecule has 3 heteroatoms. The highest BCUT2D eigenvalue weighted by atomic mass is 16.5. The number of nitrogens with zero attached hydrogens (tertiary/aromatic N) is 1. The van der Waals surface area contributed by atoms with Crippen LogP contribution in [0.25, 0.3) is 0 Å². The van der Waals surface area contributed by atoms with Crippen LogP contribution in [0.3, 0.4) is 0 Å². The lowest BCUT2D eigenvalue weighted by molar-refractivity contribution is -0.134. The summed E-state index contributed by atoms with van der Waals surface area (Å²) >= 11 is 0. The van der Waals surface area contributed by atoms with Crippen molar-refractivity contribution in [3.05, 3.63) is 29.8 Å². The largest absolute Gasteiger partial charge is 0.497 e. The van der Waals surface area contributed by atoms with Crippen molar-refractivity contribution in [2.75, 3.05) is 21.2 Å². The number of hydrogen-bond donors (Lipinski definition) is 0. The van der Waals surface area contributed by atoms with Gasteiger partial charge in [0, 0.05) is 14.1 Å². The molecule has 0 bridgehead atoms. The molecule has 1 aromatic rings. The van der Waals surface area contributed by atoms with Crippen molar-refractivity contribution in [3.8, 4) is 5.75 Å². The summed E-state index contributed by atoms with van der Waals surface area (Å²) in [7, 11) is 5.34. The van der Waals surface area contributed by atoms with Crippen LogP contribution in [0, 0.1) is 0 Å². The van der Waals surface area contributed by atoms with Crippen LogP contribution in [-0.2, 0) is 10.2 Å². The molecule has 2 rings (SSSR count). The molecule has 1 aliphatic rings. The molecular weight excluding hydrogens is 226 g/mol. The Kier molecular flexibility index (Phi) is 3.60. The minimum atomic E-state index is -0.310. The number of hydrogen-bond acceptors (Lipinski definition) is 2. The van der Waals surface area contributed by atoms with Gasteiger partial charge in [-0.3, -0.25) is 4.79 Å². The Morgan fingerprint density at radius 1 is 1.17 bits per heavy atom. The zero-order valence-corrected chi connectivity index (χ0v) is 11.4. The van der Waals surface area contributed by atoms with Crippen molar-refractivity contribution >= 4 is 5.91 Å². The van der Waals surface area contributed by atoms with E-state index in [1.165, 1.54) is 0 Å². The molecule has 1 aromatic carbocycles. The summed E-state index contributed by atoms with van der Waals surface area (Å²) in [6.45, 7) is 0. The maximum Gasteiger partial charge on any atom is 0.232 e. The molecule has 3 nitrogen and oxygen atoms in total. The van der Waals surface area contributed by atoms with E-state index in [0.717, 1.165) is 37.0 Å². The van der Waals surface area contributed by atoms with Crippen LogP contribution in [0.5, 0.6) is 5.75 Å². The third-order valence-electron chi connectivity index (χ3n) is 3.92. The highest BCUT2D eigenvalue weighted by Crippen LogP contribution is 2.42. The minimum absolute atomic E-state index is 0.227. The van der Waals surface area contributed by atoms with Crippen molar-refractivity contribution in [1.82, 2.24) is 4.90 Å². The van der Waals surface area contributed by atoms with E-state index in [1.807, 2.05) is 38.4 Å². The van der Waals surface area contributed by atoms with Crippen molar-refractivity contribution < 1.29 is 9.53 Å². The fraction of sp³-hybridized carbons (Fsp3) is 0.533. The molecule has 0 heterocycles. The molecule has 0 saturated heterocycles. The van der Waals surface area contributed by atoms with E-state index in [0.29, 0.717) is 0 Å². The van der Waals surface area contributed by atoms with Crippen molar-refractivity contribution in [2.24, 2.45) is 0 Å². The van der Waals surface area contributed by atoms with Crippen LogP contribution in [0.15, 0.2) is 24.3 Å². The molecule has 0 spiro atoms. The third kappa shape index (κ3) is 2.09. The van der Waals surface area contributed by atoms with E-state index in [9.17, 15) is 4.79 Å². The van der Waals surface area contributed by atoms with Gasteiger partial charge in [0.2, 0.25) is 5.91 Å². The molecular formula is C15H21NO2. The number of benzene rings is 1. The lowest BCUT2D eigenvalue weighted by atomic mass is 9.77. The van der Waals surface area contributed by atoms with E-state index in [1.54, 1.807) is 12.0 Å². The molecule has 0 unspecified atom stereocenters. The molecule has 1 saturated carbocycles. The second-order valence-corrected chi connectivity index (χ2v) is 5.22. The summed E-state index contributed by atoms with van der Waals surface area (Å²) in [6, 6.07) is 7.95. The fourth-order valence-electron chi connectivity index (χ4n) is 2.94. The molecule has 0 N–H and O–H groups in total. The topological polar surface area (TPSA) is 29.5 Å². The predicted molar refractivity (Wildman–Crippen MR) is 71.8 cm³/mol. The number of rotatable bonds is 3. The monoisotopic (exact) mass is 247 g/mol. The van der Waals surface area contributed by atoms with E-state index < -0.39 is 0 Å². The van der Waals surface area contributed by atoms with Crippen LogP contribution in [0.1, 0.15) is 31.2 Å². The summed E-state index contributed by atoms with van der Waals surface area (Å²) in [5.41, 5.74) is 0.815. The van der Waals surface area contributed by atoms with Crippen LogP contribution in [-0.4, -0.2) is 32.0 Å². The average Bonchev–Trinajstić information content (AvgIpc) is 2.88. The molecule has 0 radical (unpaired) electrons. The summed E-state index contributed by atoms with van der Waals surface area (Å²) in [5.74, 6) is 1.06. The first-order valence-corrected chi connectivity index (χ1v) is 6.46. The first kappa shape index (κ1) is 12.9. The van der Waals surface area contributed by atoms with E-state index in [-0.39, 0.29) is 11.3 Å². The summed E-state index contributed by atoms with van der Waals surface area (Å²) in [5, 5.41) is 0. The maximum absolute atomic E-state index is 12.5. The van der Waals surface area contributed by atoms with Crippen LogP contribution in [0.2, 0.25) is 0 Å². The zero-order chi connectivity index (χ0) is 13.2. The highest BCUT2D eigenvalue weighted by Gasteiger charge is 2.43. The molecule has 0 aliphatic heterocycles. The summed E-state index contributed by atoms with van der Waals surface area (Å²) in [6.07, 6.45) is 4.17.